The second-order valence-electron chi connectivity index (χ2n) is 12.8. The summed E-state index contributed by atoms with van der Waals surface area (Å²) in [6, 6.07) is 30.8. The largest absolute Gasteiger partial charge is 0.540 e. The Bertz CT molecular complexity index is 1350. The number of allylic oxidation sites excluding steroid dienone is 2. The zero-order valence-electron chi connectivity index (χ0n) is 23.2. The number of carbonyl (C=O) groups excluding carboxylic acids is 1. The van der Waals surface area contributed by atoms with Gasteiger partial charge in [-0.25, -0.2) is 4.79 Å². The van der Waals surface area contributed by atoms with Gasteiger partial charge in [0.2, 0.25) is 0 Å². The summed E-state index contributed by atoms with van der Waals surface area (Å²) < 4.78 is 13.2. The Hall–Kier alpha value is -3.37. The summed E-state index contributed by atoms with van der Waals surface area (Å²) in [7, 11) is -2.68. The average molecular weight is 535 g/mol. The molecule has 3 aliphatic carbocycles. The van der Waals surface area contributed by atoms with Crippen LogP contribution in [0.5, 0.6) is 0 Å². The van der Waals surface area contributed by atoms with Crippen LogP contribution in [0.15, 0.2) is 115 Å². The second-order valence-corrected chi connectivity index (χ2v) is 17.0. The third-order valence-corrected chi connectivity index (χ3v) is 14.3. The van der Waals surface area contributed by atoms with E-state index in [1.165, 1.54) is 28.8 Å². The predicted octanol–water partition coefficient (Wildman–Crippen LogP) is 7.05. The highest BCUT2D eigenvalue weighted by atomic mass is 28.4. The zero-order chi connectivity index (χ0) is 27.3. The topological polar surface area (TPSA) is 35.5 Å². The molecule has 2 spiro atoms. The molecule has 3 nitrogen and oxygen atoms in total. The fourth-order valence-electron chi connectivity index (χ4n) is 7.13. The summed E-state index contributed by atoms with van der Waals surface area (Å²) in [6.45, 7) is 11.5. The summed E-state index contributed by atoms with van der Waals surface area (Å²) >= 11 is 0. The van der Waals surface area contributed by atoms with Crippen LogP contribution in [0.4, 0.5) is 0 Å². The SMILES string of the molecule is C=C1C(/C=C/O[Si](c2ccccc2)(c2ccccc2)C(C)(C)C)C2(CC2OC(=O)c2ccccc2)CC12CC2. The van der Waals surface area contributed by atoms with Gasteiger partial charge >= 0.3 is 14.3 Å². The van der Waals surface area contributed by atoms with Gasteiger partial charge in [0.15, 0.2) is 0 Å². The van der Waals surface area contributed by atoms with Crippen molar-refractivity contribution in [1.82, 2.24) is 0 Å². The maximum Gasteiger partial charge on any atom is 0.338 e. The first-order valence-electron chi connectivity index (χ1n) is 14.1. The lowest BCUT2D eigenvalue weighted by molar-refractivity contribution is 0.0396. The lowest BCUT2D eigenvalue weighted by Gasteiger charge is -2.42. The highest BCUT2D eigenvalue weighted by molar-refractivity contribution is 6.99. The first-order valence-corrected chi connectivity index (χ1v) is 16.0. The Balaban J connectivity index is 1.31. The minimum atomic E-state index is -2.68. The van der Waals surface area contributed by atoms with Gasteiger partial charge < -0.3 is 9.16 Å². The number of esters is 1. The Kier molecular flexibility index (Phi) is 6.22. The minimum absolute atomic E-state index is 0.0661. The molecule has 3 aromatic carbocycles. The molecular formula is C35H38O3Si. The standard InChI is InChI=1S/C35H38O3Si/c1-26-30(35(25-34(26)21-22-34)24-31(35)38-32(36)27-14-8-5-9-15-27)20-23-37-39(33(2,3)4,28-16-10-6-11-17-28)29-18-12-7-13-19-29/h5-20,23,30-31H,1,21-22,24-25H2,2-4H3/b23-20+. The summed E-state index contributed by atoms with van der Waals surface area (Å²) in [5.41, 5.74) is 2.05. The van der Waals surface area contributed by atoms with E-state index in [1.807, 2.05) is 36.6 Å². The van der Waals surface area contributed by atoms with Gasteiger partial charge in [-0.1, -0.05) is 112 Å². The van der Waals surface area contributed by atoms with E-state index in [1.54, 1.807) is 0 Å². The number of rotatable bonds is 7. The Morgan fingerprint density at radius 1 is 0.897 bits per heavy atom. The fourth-order valence-corrected chi connectivity index (χ4v) is 11.4. The van der Waals surface area contributed by atoms with Crippen LogP contribution in [-0.4, -0.2) is 20.4 Å². The molecule has 3 atom stereocenters. The van der Waals surface area contributed by atoms with E-state index < -0.39 is 8.32 Å². The van der Waals surface area contributed by atoms with Gasteiger partial charge in [0.25, 0.3) is 0 Å². The maximum atomic E-state index is 12.9. The molecule has 4 heteroatoms. The van der Waals surface area contributed by atoms with Crippen molar-refractivity contribution in [3.63, 3.8) is 0 Å². The third-order valence-electron chi connectivity index (χ3n) is 9.44. The summed E-state index contributed by atoms with van der Waals surface area (Å²) in [6.07, 6.45) is 8.46. The van der Waals surface area contributed by atoms with Crippen LogP contribution >= 0.6 is 0 Å². The molecule has 200 valence electrons. The van der Waals surface area contributed by atoms with Crippen LogP contribution in [0.1, 0.15) is 56.8 Å². The van der Waals surface area contributed by atoms with Crippen LogP contribution < -0.4 is 10.4 Å². The normalized spacial score (nSPS) is 25.3. The molecule has 3 aliphatic rings. The first-order chi connectivity index (χ1) is 18.7. The number of benzene rings is 3. The molecule has 0 radical (unpaired) electrons. The Labute approximate surface area is 233 Å². The van der Waals surface area contributed by atoms with Gasteiger partial charge in [-0.05, 0) is 64.7 Å². The van der Waals surface area contributed by atoms with Gasteiger partial charge in [-0.15, -0.1) is 0 Å². The molecule has 0 aliphatic heterocycles. The molecule has 0 heterocycles. The number of carbonyl (C=O) groups is 1. The Morgan fingerprint density at radius 2 is 1.44 bits per heavy atom. The molecule has 0 amide bonds. The molecule has 39 heavy (non-hydrogen) atoms. The second kappa shape index (κ2) is 9.37. The van der Waals surface area contributed by atoms with Crippen LogP contribution in [0, 0.1) is 16.7 Å². The smallest absolute Gasteiger partial charge is 0.338 e. The molecular weight excluding hydrogens is 496 g/mol. The van der Waals surface area contributed by atoms with Crippen molar-refractivity contribution < 1.29 is 14.0 Å². The van der Waals surface area contributed by atoms with Crippen LogP contribution in [0.25, 0.3) is 0 Å². The summed E-state index contributed by atoms with van der Waals surface area (Å²) in [5.74, 6) is -0.0853. The van der Waals surface area contributed by atoms with E-state index in [0.717, 1.165) is 12.8 Å². The quantitative estimate of drug-likeness (QED) is 0.141. The van der Waals surface area contributed by atoms with Gasteiger partial charge in [-0.2, -0.15) is 0 Å². The van der Waals surface area contributed by atoms with Crippen LogP contribution in [0.2, 0.25) is 5.04 Å². The van der Waals surface area contributed by atoms with E-state index in [2.05, 4.69) is 94.1 Å². The molecule has 6 rings (SSSR count). The molecule has 0 aromatic heterocycles. The van der Waals surface area contributed by atoms with Crippen molar-refractivity contribution >= 4 is 24.7 Å². The van der Waals surface area contributed by atoms with Crippen LogP contribution in [0.3, 0.4) is 0 Å². The van der Waals surface area contributed by atoms with E-state index in [4.69, 9.17) is 9.16 Å². The Morgan fingerprint density at radius 3 is 1.95 bits per heavy atom. The highest BCUT2D eigenvalue weighted by Crippen LogP contribution is 2.76. The van der Waals surface area contributed by atoms with E-state index >= 15 is 0 Å². The molecule has 0 bridgehead atoms. The molecule has 3 saturated carbocycles. The number of hydrogen-bond acceptors (Lipinski definition) is 3. The van der Waals surface area contributed by atoms with E-state index in [0.29, 0.717) is 5.56 Å². The predicted molar refractivity (Wildman–Crippen MR) is 159 cm³/mol. The van der Waals surface area contributed by atoms with Crippen molar-refractivity contribution in [1.29, 1.82) is 0 Å². The maximum absolute atomic E-state index is 12.9. The first kappa shape index (κ1) is 25.9. The summed E-state index contributed by atoms with van der Waals surface area (Å²) in [4.78, 5) is 12.9. The van der Waals surface area contributed by atoms with Crippen molar-refractivity contribution in [3.05, 3.63) is 121 Å². The third kappa shape index (κ3) is 4.30. The van der Waals surface area contributed by atoms with Crippen molar-refractivity contribution in [2.75, 3.05) is 0 Å². The van der Waals surface area contributed by atoms with E-state index in [9.17, 15) is 4.79 Å². The molecule has 3 aromatic rings. The molecule has 3 fully saturated rings. The van der Waals surface area contributed by atoms with Gasteiger partial charge in [0.1, 0.15) is 6.10 Å². The fraction of sp³-hybridized carbons (Fsp3) is 0.343. The van der Waals surface area contributed by atoms with Gasteiger partial charge in [0.05, 0.1) is 11.8 Å². The lowest BCUT2D eigenvalue weighted by atomic mass is 9.90. The van der Waals surface area contributed by atoms with Crippen LogP contribution in [-0.2, 0) is 9.16 Å². The molecule has 0 N–H and O–H groups in total. The average Bonchev–Trinajstić information content (AvgIpc) is 3.85. The highest BCUT2D eigenvalue weighted by Gasteiger charge is 2.72. The van der Waals surface area contributed by atoms with Crippen molar-refractivity contribution in [2.45, 2.75) is 57.6 Å². The van der Waals surface area contributed by atoms with Gasteiger partial charge in [-0.3, -0.25) is 0 Å². The molecule has 3 unspecified atom stereocenters. The zero-order valence-corrected chi connectivity index (χ0v) is 24.2. The van der Waals surface area contributed by atoms with Crippen molar-refractivity contribution in [2.24, 2.45) is 16.7 Å². The minimum Gasteiger partial charge on any atom is -0.540 e. The number of ether oxygens (including phenoxy) is 1. The van der Waals surface area contributed by atoms with Gasteiger partial charge in [0, 0.05) is 11.3 Å². The summed E-state index contributed by atoms with van der Waals surface area (Å²) in [5, 5.41) is 2.41. The molecule has 0 saturated heterocycles. The van der Waals surface area contributed by atoms with E-state index in [-0.39, 0.29) is 33.9 Å². The monoisotopic (exact) mass is 534 g/mol. The number of hydrogen-bond donors (Lipinski definition) is 0. The lowest BCUT2D eigenvalue weighted by Crippen LogP contribution is -2.65. The van der Waals surface area contributed by atoms with Crippen molar-refractivity contribution in [3.8, 4) is 0 Å².